The van der Waals surface area contributed by atoms with Gasteiger partial charge in [0.05, 0.1) is 24.3 Å². The molecule has 0 bridgehead atoms. The molecule has 0 unspecified atom stereocenters. The molecule has 1 saturated heterocycles. The fourth-order valence-corrected chi connectivity index (χ4v) is 5.56. The molecule has 2 aliphatic heterocycles. The largest absolute Gasteiger partial charge is 0.376 e. The first-order chi connectivity index (χ1) is 16.4. The number of benzene rings is 1. The molecule has 9 nitrogen and oxygen atoms in total. The first kappa shape index (κ1) is 20.9. The van der Waals surface area contributed by atoms with Crippen molar-refractivity contribution in [2.45, 2.75) is 19.0 Å². The SMILES string of the molecule is Cc1cnc(Nc2ccnn2C)nc1-c1nc2c(s1)C1(COC1)N(Cc1cccc(F)c1)C2=O. The zero-order valence-corrected chi connectivity index (χ0v) is 19.3. The Hall–Kier alpha value is -3.70. The lowest BCUT2D eigenvalue weighted by molar-refractivity contribution is -0.126. The van der Waals surface area contributed by atoms with E-state index in [1.54, 1.807) is 28.0 Å². The number of aryl methyl sites for hydroxylation is 2. The van der Waals surface area contributed by atoms with Crippen LogP contribution in [0.15, 0.2) is 42.7 Å². The minimum atomic E-state index is -0.578. The van der Waals surface area contributed by atoms with Crippen molar-refractivity contribution in [3.63, 3.8) is 0 Å². The van der Waals surface area contributed by atoms with Crippen LogP contribution in [-0.2, 0) is 23.9 Å². The number of nitrogens with one attached hydrogen (secondary N) is 1. The summed E-state index contributed by atoms with van der Waals surface area (Å²) < 4.78 is 21.0. The van der Waals surface area contributed by atoms with Gasteiger partial charge in [0.15, 0.2) is 0 Å². The summed E-state index contributed by atoms with van der Waals surface area (Å²) in [6.45, 7) is 2.98. The van der Waals surface area contributed by atoms with Crippen LogP contribution in [0.2, 0.25) is 0 Å². The summed E-state index contributed by atoms with van der Waals surface area (Å²) in [5.74, 6) is 0.670. The summed E-state index contributed by atoms with van der Waals surface area (Å²) in [4.78, 5) is 29.8. The van der Waals surface area contributed by atoms with Gasteiger partial charge in [0.1, 0.15) is 33.6 Å². The van der Waals surface area contributed by atoms with Gasteiger partial charge in [-0.05, 0) is 30.2 Å². The normalized spacial score (nSPS) is 16.1. The molecule has 2 aliphatic rings. The third-order valence-corrected chi connectivity index (χ3v) is 7.42. The topological polar surface area (TPSA) is 98.1 Å². The number of carbonyl (C=O) groups excluding carboxylic acids is 1. The lowest BCUT2D eigenvalue weighted by atomic mass is 9.95. The average Bonchev–Trinajstić information content (AvgIpc) is 3.45. The van der Waals surface area contributed by atoms with Crippen molar-refractivity contribution < 1.29 is 13.9 Å². The van der Waals surface area contributed by atoms with Crippen molar-refractivity contribution in [1.82, 2.24) is 29.6 Å². The molecule has 0 aliphatic carbocycles. The number of hydrogen-bond donors (Lipinski definition) is 1. The zero-order valence-electron chi connectivity index (χ0n) is 18.4. The zero-order chi connectivity index (χ0) is 23.4. The van der Waals surface area contributed by atoms with E-state index < -0.39 is 5.54 Å². The quantitative estimate of drug-likeness (QED) is 0.470. The molecule has 0 saturated carbocycles. The molecule has 6 rings (SSSR count). The lowest BCUT2D eigenvalue weighted by Gasteiger charge is -2.44. The van der Waals surface area contributed by atoms with Crippen LogP contribution >= 0.6 is 11.3 Å². The number of nitrogens with zero attached hydrogens (tertiary/aromatic N) is 6. The second kappa shape index (κ2) is 7.67. The van der Waals surface area contributed by atoms with Gasteiger partial charge in [-0.2, -0.15) is 5.10 Å². The summed E-state index contributed by atoms with van der Waals surface area (Å²) in [5, 5.41) is 7.95. The molecular weight excluding hydrogens is 457 g/mol. The standard InChI is InChI=1S/C23H20FN7O2S/c1-13-9-25-22(27-16-6-7-26-30(16)2)29-17(13)20-28-18-19(34-20)23(11-33-12-23)31(21(18)32)10-14-4-3-5-15(24)8-14/h3-9H,10-12H2,1-2H3,(H,25,27,29). The number of aromatic nitrogens is 5. The van der Waals surface area contributed by atoms with E-state index in [2.05, 4.69) is 20.4 Å². The van der Waals surface area contributed by atoms with Gasteiger partial charge in [-0.1, -0.05) is 12.1 Å². The fraction of sp³-hybridized carbons (Fsp3) is 0.261. The lowest BCUT2D eigenvalue weighted by Crippen LogP contribution is -2.56. The van der Waals surface area contributed by atoms with Gasteiger partial charge in [0.2, 0.25) is 5.95 Å². The highest BCUT2D eigenvalue weighted by Crippen LogP contribution is 2.49. The number of ether oxygens (including phenoxy) is 1. The molecule has 1 N–H and O–H groups in total. The Morgan fingerprint density at radius 1 is 1.24 bits per heavy atom. The maximum Gasteiger partial charge on any atom is 0.274 e. The predicted octanol–water partition coefficient (Wildman–Crippen LogP) is 3.41. The number of thiazole rings is 1. The molecular formula is C23H20FN7O2S. The van der Waals surface area contributed by atoms with E-state index in [1.807, 2.05) is 26.1 Å². The van der Waals surface area contributed by atoms with Crippen LogP contribution < -0.4 is 5.32 Å². The van der Waals surface area contributed by atoms with Crippen LogP contribution in [0, 0.1) is 12.7 Å². The maximum absolute atomic E-state index is 13.7. The van der Waals surface area contributed by atoms with Gasteiger partial charge in [0.25, 0.3) is 5.91 Å². The van der Waals surface area contributed by atoms with Crippen LogP contribution in [0.3, 0.4) is 0 Å². The monoisotopic (exact) mass is 477 g/mol. The molecule has 3 aromatic heterocycles. The van der Waals surface area contributed by atoms with Crippen molar-refractivity contribution >= 4 is 29.0 Å². The van der Waals surface area contributed by atoms with E-state index in [0.29, 0.717) is 42.1 Å². The number of hydrogen-bond acceptors (Lipinski definition) is 8. The van der Waals surface area contributed by atoms with Crippen molar-refractivity contribution in [2.75, 3.05) is 18.5 Å². The van der Waals surface area contributed by atoms with Gasteiger partial charge in [-0.15, -0.1) is 11.3 Å². The van der Waals surface area contributed by atoms with Crippen LogP contribution in [0.25, 0.3) is 10.7 Å². The smallest absolute Gasteiger partial charge is 0.274 e. The van der Waals surface area contributed by atoms with Crippen LogP contribution in [0.5, 0.6) is 0 Å². The van der Waals surface area contributed by atoms with Gasteiger partial charge in [-0.25, -0.2) is 19.3 Å². The molecule has 5 heterocycles. The Morgan fingerprint density at radius 3 is 2.79 bits per heavy atom. The number of anilines is 2. The molecule has 0 atom stereocenters. The van der Waals surface area contributed by atoms with Crippen molar-refractivity contribution in [3.05, 3.63) is 70.2 Å². The highest BCUT2D eigenvalue weighted by atomic mass is 32.1. The second-order valence-corrected chi connectivity index (χ2v) is 9.43. The highest BCUT2D eigenvalue weighted by molar-refractivity contribution is 7.15. The number of amides is 1. The first-order valence-electron chi connectivity index (χ1n) is 10.7. The maximum atomic E-state index is 13.7. The predicted molar refractivity (Wildman–Crippen MR) is 123 cm³/mol. The number of carbonyl (C=O) groups is 1. The molecule has 1 aromatic carbocycles. The van der Waals surface area contributed by atoms with E-state index in [4.69, 9.17) is 9.72 Å². The highest BCUT2D eigenvalue weighted by Gasteiger charge is 2.57. The number of rotatable bonds is 5. The second-order valence-electron chi connectivity index (χ2n) is 8.43. The molecule has 1 amide bonds. The Morgan fingerprint density at radius 2 is 2.09 bits per heavy atom. The Bertz CT molecular complexity index is 1430. The summed E-state index contributed by atoms with van der Waals surface area (Å²) in [7, 11) is 1.82. The summed E-state index contributed by atoms with van der Waals surface area (Å²) >= 11 is 1.45. The molecule has 0 radical (unpaired) electrons. The first-order valence-corrected chi connectivity index (χ1v) is 11.5. The number of fused-ring (bicyclic) bond motifs is 2. The third kappa shape index (κ3) is 3.19. The van der Waals surface area contributed by atoms with Crippen molar-refractivity contribution in [3.8, 4) is 10.7 Å². The fourth-order valence-electron chi connectivity index (χ4n) is 4.28. The molecule has 11 heteroatoms. The van der Waals surface area contributed by atoms with Crippen molar-refractivity contribution in [1.29, 1.82) is 0 Å². The van der Waals surface area contributed by atoms with Crippen LogP contribution in [0.1, 0.15) is 26.5 Å². The van der Waals surface area contributed by atoms with Gasteiger partial charge in [-0.3, -0.25) is 9.48 Å². The molecule has 172 valence electrons. The Balaban J connectivity index is 1.34. The minimum Gasteiger partial charge on any atom is -0.376 e. The molecule has 34 heavy (non-hydrogen) atoms. The van der Waals surface area contributed by atoms with Gasteiger partial charge < -0.3 is 15.0 Å². The molecule has 1 fully saturated rings. The summed E-state index contributed by atoms with van der Waals surface area (Å²) in [5.41, 5.74) is 2.09. The number of halogens is 1. The van der Waals surface area contributed by atoms with Crippen molar-refractivity contribution in [2.24, 2.45) is 7.05 Å². The van der Waals surface area contributed by atoms with E-state index in [1.165, 1.54) is 23.5 Å². The van der Waals surface area contributed by atoms with E-state index in [9.17, 15) is 9.18 Å². The average molecular weight is 478 g/mol. The Labute approximate surface area is 198 Å². The Kier molecular flexibility index (Phi) is 4.71. The third-order valence-electron chi connectivity index (χ3n) is 6.16. The van der Waals surface area contributed by atoms with E-state index >= 15 is 0 Å². The summed E-state index contributed by atoms with van der Waals surface area (Å²) in [6, 6.07) is 8.13. The van der Waals surface area contributed by atoms with Crippen LogP contribution in [0.4, 0.5) is 16.2 Å². The minimum absolute atomic E-state index is 0.176. The summed E-state index contributed by atoms with van der Waals surface area (Å²) in [6.07, 6.45) is 3.41. The molecule has 4 aromatic rings. The van der Waals surface area contributed by atoms with Crippen LogP contribution in [-0.4, -0.2) is 48.8 Å². The van der Waals surface area contributed by atoms with Gasteiger partial charge >= 0.3 is 0 Å². The van der Waals surface area contributed by atoms with E-state index in [-0.39, 0.29) is 11.7 Å². The van der Waals surface area contributed by atoms with Gasteiger partial charge in [0, 0.05) is 25.9 Å². The van der Waals surface area contributed by atoms with E-state index in [0.717, 1.165) is 21.8 Å². The molecule has 1 spiro atoms.